The van der Waals surface area contributed by atoms with Gasteiger partial charge in [0.2, 0.25) is 6.33 Å². The van der Waals surface area contributed by atoms with Crippen molar-refractivity contribution in [3.8, 4) is 0 Å². The number of aromatic nitrogens is 4. The molecule has 0 spiro atoms. The van der Waals surface area contributed by atoms with Crippen molar-refractivity contribution in [3.63, 3.8) is 0 Å². The van der Waals surface area contributed by atoms with E-state index in [1.54, 1.807) is 4.80 Å². The monoisotopic (exact) mass is 154 g/mol. The topological polar surface area (TPSA) is 46.8 Å². The van der Waals surface area contributed by atoms with Crippen molar-refractivity contribution < 1.29 is 0 Å². The summed E-state index contributed by atoms with van der Waals surface area (Å²) >= 11 is 0. The van der Waals surface area contributed by atoms with Gasteiger partial charge < -0.3 is 4.90 Å². The van der Waals surface area contributed by atoms with Crippen molar-refractivity contribution in [2.45, 2.75) is 13.0 Å². The molecule has 1 heterocycles. The second kappa shape index (κ2) is 4.02. The van der Waals surface area contributed by atoms with Crippen LogP contribution in [0.25, 0.3) is 0 Å². The molecule has 0 aliphatic heterocycles. The summed E-state index contributed by atoms with van der Waals surface area (Å²) < 4.78 is 0. The number of aryl methyl sites for hydroxylation is 1. The SMILES string of the molecule is CN(C)CCCn1n[c]nn1. The van der Waals surface area contributed by atoms with E-state index in [9.17, 15) is 0 Å². The van der Waals surface area contributed by atoms with Gasteiger partial charge in [-0.2, -0.15) is 4.80 Å². The molecule has 0 aromatic carbocycles. The Morgan fingerprint density at radius 1 is 1.45 bits per heavy atom. The Bertz CT molecular complexity index is 181. The van der Waals surface area contributed by atoms with Gasteiger partial charge >= 0.3 is 0 Å². The van der Waals surface area contributed by atoms with Gasteiger partial charge in [-0.15, -0.1) is 10.2 Å². The first-order valence-corrected chi connectivity index (χ1v) is 3.57. The molecule has 1 rings (SSSR count). The fourth-order valence-corrected chi connectivity index (χ4v) is 0.786. The lowest BCUT2D eigenvalue weighted by Gasteiger charge is -2.07. The van der Waals surface area contributed by atoms with E-state index in [2.05, 4.69) is 26.6 Å². The largest absolute Gasteiger partial charge is 0.309 e. The number of tetrazole rings is 1. The van der Waals surface area contributed by atoms with E-state index in [0.717, 1.165) is 19.5 Å². The van der Waals surface area contributed by atoms with Gasteiger partial charge in [0.05, 0.1) is 6.54 Å². The van der Waals surface area contributed by atoms with Crippen molar-refractivity contribution in [2.75, 3.05) is 20.6 Å². The highest BCUT2D eigenvalue weighted by molar-refractivity contribution is 4.43. The molecule has 0 fully saturated rings. The summed E-state index contributed by atoms with van der Waals surface area (Å²) in [5.41, 5.74) is 0. The minimum atomic E-state index is 0.814. The molecule has 1 aromatic heterocycles. The maximum Gasteiger partial charge on any atom is 0.245 e. The second-order valence-corrected chi connectivity index (χ2v) is 2.64. The summed E-state index contributed by atoms with van der Waals surface area (Å²) in [6.45, 7) is 1.86. The average Bonchev–Trinajstić information content (AvgIpc) is 2.39. The fraction of sp³-hybridized carbons (Fsp3) is 0.833. The Labute approximate surface area is 66.0 Å². The van der Waals surface area contributed by atoms with Crippen LogP contribution >= 0.6 is 0 Å². The highest BCUT2D eigenvalue weighted by atomic mass is 15.6. The summed E-state index contributed by atoms with van der Waals surface area (Å²) in [6, 6.07) is 0. The predicted octanol–water partition coefficient (Wildman–Crippen LogP) is -0.575. The van der Waals surface area contributed by atoms with Gasteiger partial charge in [-0.25, -0.2) is 0 Å². The Morgan fingerprint density at radius 2 is 2.27 bits per heavy atom. The molecule has 0 atom stereocenters. The first-order valence-electron chi connectivity index (χ1n) is 3.57. The van der Waals surface area contributed by atoms with Crippen LogP contribution in [0.4, 0.5) is 0 Å². The first kappa shape index (κ1) is 8.13. The molecule has 1 aromatic rings. The van der Waals surface area contributed by atoms with Crippen molar-refractivity contribution in [3.05, 3.63) is 6.33 Å². The highest BCUT2D eigenvalue weighted by Crippen LogP contribution is 1.85. The van der Waals surface area contributed by atoms with E-state index in [0.29, 0.717) is 0 Å². The maximum absolute atomic E-state index is 3.76. The molecule has 0 unspecified atom stereocenters. The number of nitrogens with zero attached hydrogens (tertiary/aromatic N) is 5. The second-order valence-electron chi connectivity index (χ2n) is 2.64. The Hall–Kier alpha value is -0.970. The number of hydrogen-bond donors (Lipinski definition) is 0. The molecule has 0 saturated carbocycles. The molecule has 5 heteroatoms. The van der Waals surface area contributed by atoms with Crippen molar-refractivity contribution in [2.24, 2.45) is 0 Å². The van der Waals surface area contributed by atoms with E-state index in [4.69, 9.17) is 0 Å². The molecule has 1 radical (unpaired) electrons. The fourth-order valence-electron chi connectivity index (χ4n) is 0.786. The van der Waals surface area contributed by atoms with Crippen LogP contribution in [0.1, 0.15) is 6.42 Å². The minimum absolute atomic E-state index is 0.814. The van der Waals surface area contributed by atoms with Gasteiger partial charge in [0.15, 0.2) is 0 Å². The normalized spacial score (nSPS) is 10.8. The molecule has 0 aliphatic carbocycles. The molecular formula is C6H12N5. The zero-order chi connectivity index (χ0) is 8.10. The van der Waals surface area contributed by atoms with Crippen LogP contribution < -0.4 is 0 Å². The van der Waals surface area contributed by atoms with Gasteiger partial charge in [-0.05, 0) is 32.3 Å². The summed E-state index contributed by atoms with van der Waals surface area (Å²) in [7, 11) is 4.09. The average molecular weight is 154 g/mol. The third-order valence-electron chi connectivity index (χ3n) is 1.32. The Morgan fingerprint density at radius 3 is 2.82 bits per heavy atom. The lowest BCUT2D eigenvalue weighted by molar-refractivity contribution is 0.369. The van der Waals surface area contributed by atoms with Crippen molar-refractivity contribution in [1.29, 1.82) is 0 Å². The zero-order valence-electron chi connectivity index (χ0n) is 6.86. The standard InChI is InChI=1S/C6H12N5/c1-10(2)4-3-5-11-8-6-7-9-11/h3-5H2,1-2H3. The molecule has 0 N–H and O–H groups in total. The molecule has 11 heavy (non-hydrogen) atoms. The van der Waals surface area contributed by atoms with Crippen molar-refractivity contribution in [1.82, 2.24) is 25.1 Å². The van der Waals surface area contributed by atoms with Crippen LogP contribution in [-0.2, 0) is 6.54 Å². The lowest BCUT2D eigenvalue weighted by atomic mass is 10.4. The highest BCUT2D eigenvalue weighted by Gasteiger charge is 1.93. The maximum atomic E-state index is 3.76. The van der Waals surface area contributed by atoms with Crippen LogP contribution in [0, 0.1) is 6.33 Å². The predicted molar refractivity (Wildman–Crippen MR) is 39.8 cm³/mol. The third-order valence-corrected chi connectivity index (χ3v) is 1.32. The third kappa shape index (κ3) is 3.08. The molecule has 5 nitrogen and oxygen atoms in total. The molecule has 61 valence electrons. The zero-order valence-corrected chi connectivity index (χ0v) is 6.86. The Kier molecular flexibility index (Phi) is 2.97. The number of rotatable bonds is 4. The van der Waals surface area contributed by atoms with Gasteiger partial charge in [-0.3, -0.25) is 0 Å². The van der Waals surface area contributed by atoms with Gasteiger partial charge in [0.25, 0.3) is 0 Å². The summed E-state index contributed by atoms with van der Waals surface area (Å²) in [5, 5.41) is 10.9. The molecule has 0 aliphatic rings. The van der Waals surface area contributed by atoms with E-state index >= 15 is 0 Å². The minimum Gasteiger partial charge on any atom is -0.309 e. The summed E-state index contributed by atoms with van der Waals surface area (Å²) in [6.07, 6.45) is 3.44. The molecule has 0 bridgehead atoms. The van der Waals surface area contributed by atoms with E-state index in [1.807, 2.05) is 14.1 Å². The molecule has 0 saturated heterocycles. The molecular weight excluding hydrogens is 142 g/mol. The summed E-state index contributed by atoms with van der Waals surface area (Å²) in [4.78, 5) is 3.67. The smallest absolute Gasteiger partial charge is 0.245 e. The van der Waals surface area contributed by atoms with Gasteiger partial charge in [0, 0.05) is 0 Å². The van der Waals surface area contributed by atoms with Gasteiger partial charge in [0.1, 0.15) is 0 Å². The Balaban J connectivity index is 2.14. The van der Waals surface area contributed by atoms with Crippen LogP contribution in [0.15, 0.2) is 0 Å². The van der Waals surface area contributed by atoms with E-state index < -0.39 is 0 Å². The first-order chi connectivity index (χ1) is 5.29. The van der Waals surface area contributed by atoms with E-state index in [1.165, 1.54) is 0 Å². The van der Waals surface area contributed by atoms with Crippen LogP contribution in [-0.4, -0.2) is 45.7 Å². The van der Waals surface area contributed by atoms with Gasteiger partial charge in [-0.1, -0.05) is 0 Å². The summed E-state index contributed by atoms with van der Waals surface area (Å²) in [5.74, 6) is 0. The van der Waals surface area contributed by atoms with Crippen LogP contribution in [0.3, 0.4) is 0 Å². The van der Waals surface area contributed by atoms with E-state index in [-0.39, 0.29) is 0 Å². The lowest BCUT2D eigenvalue weighted by Crippen LogP contribution is -2.15. The van der Waals surface area contributed by atoms with Crippen LogP contribution in [0.2, 0.25) is 0 Å². The van der Waals surface area contributed by atoms with Crippen LogP contribution in [0.5, 0.6) is 0 Å². The number of hydrogen-bond acceptors (Lipinski definition) is 4. The van der Waals surface area contributed by atoms with Crippen molar-refractivity contribution >= 4 is 0 Å². The quantitative estimate of drug-likeness (QED) is 0.582. The molecule has 0 amide bonds.